The van der Waals surface area contributed by atoms with Crippen molar-refractivity contribution in [3.05, 3.63) is 71.1 Å². The highest BCUT2D eigenvalue weighted by molar-refractivity contribution is 6.05. The molecule has 0 spiro atoms. The number of benzene rings is 1. The molecule has 0 atom stereocenters. The van der Waals surface area contributed by atoms with Crippen LogP contribution in [0.2, 0.25) is 0 Å². The Morgan fingerprint density at radius 1 is 1.00 bits per heavy atom. The lowest BCUT2D eigenvalue weighted by Gasteiger charge is -2.09. The first kappa shape index (κ1) is 20.3. The second-order valence-corrected chi connectivity index (χ2v) is 7.30. The van der Waals surface area contributed by atoms with E-state index in [1.165, 1.54) is 6.33 Å². The van der Waals surface area contributed by atoms with E-state index >= 15 is 0 Å². The number of aryl methyl sites for hydroxylation is 4. The van der Waals surface area contributed by atoms with E-state index in [0.29, 0.717) is 34.4 Å². The van der Waals surface area contributed by atoms with E-state index in [4.69, 9.17) is 4.74 Å². The van der Waals surface area contributed by atoms with Gasteiger partial charge in [-0.05, 0) is 58.0 Å². The minimum absolute atomic E-state index is 0.193. The molecule has 0 saturated carbocycles. The lowest BCUT2D eigenvalue weighted by Crippen LogP contribution is -2.14. The van der Waals surface area contributed by atoms with Gasteiger partial charge in [-0.15, -0.1) is 0 Å². The fraction of sp³-hybridized carbons (Fsp3) is 0.227. The Morgan fingerprint density at radius 2 is 1.74 bits per heavy atom. The van der Waals surface area contributed by atoms with Crippen LogP contribution in [0.1, 0.15) is 33.1 Å². The highest BCUT2D eigenvalue weighted by Gasteiger charge is 2.17. The van der Waals surface area contributed by atoms with Crippen molar-refractivity contribution in [3.8, 4) is 17.4 Å². The fourth-order valence-electron chi connectivity index (χ4n) is 3.39. The summed E-state index contributed by atoms with van der Waals surface area (Å²) in [6.45, 7) is 7.58. The molecule has 1 N–H and O–H groups in total. The molecule has 1 amide bonds. The predicted octanol–water partition coefficient (Wildman–Crippen LogP) is 3.67. The van der Waals surface area contributed by atoms with Crippen LogP contribution in [0.25, 0.3) is 5.82 Å². The third-order valence-electron chi connectivity index (χ3n) is 4.92. The van der Waals surface area contributed by atoms with Gasteiger partial charge in [0.25, 0.3) is 5.91 Å². The Bertz CT molecular complexity index is 1260. The van der Waals surface area contributed by atoms with Crippen molar-refractivity contribution in [3.63, 3.8) is 0 Å². The monoisotopic (exact) mass is 417 g/mol. The maximum Gasteiger partial charge on any atom is 0.259 e. The molecule has 31 heavy (non-hydrogen) atoms. The number of amides is 1. The summed E-state index contributed by atoms with van der Waals surface area (Å²) in [7, 11) is 1.82. The fourth-order valence-corrected chi connectivity index (χ4v) is 3.39. The van der Waals surface area contributed by atoms with E-state index in [9.17, 15) is 4.79 Å². The molecule has 3 heterocycles. The van der Waals surface area contributed by atoms with Gasteiger partial charge in [-0.3, -0.25) is 9.48 Å². The van der Waals surface area contributed by atoms with Crippen LogP contribution in [-0.2, 0) is 7.05 Å². The zero-order valence-electron chi connectivity index (χ0n) is 18.0. The SMILES string of the molecule is Cc1cc(C)n(-c2cc(Oc3ccc(NC(=O)c4c(C)nn(C)c4C)cc3)ncn2)n1. The van der Waals surface area contributed by atoms with Crippen molar-refractivity contribution >= 4 is 11.6 Å². The molecule has 0 fully saturated rings. The van der Waals surface area contributed by atoms with Gasteiger partial charge >= 0.3 is 0 Å². The average molecular weight is 417 g/mol. The number of aromatic nitrogens is 6. The van der Waals surface area contributed by atoms with Crippen LogP contribution in [-0.4, -0.2) is 35.4 Å². The van der Waals surface area contributed by atoms with Crippen molar-refractivity contribution in [1.82, 2.24) is 29.5 Å². The van der Waals surface area contributed by atoms with Crippen LogP contribution in [0.4, 0.5) is 5.69 Å². The van der Waals surface area contributed by atoms with Crippen LogP contribution in [0, 0.1) is 27.7 Å². The normalized spacial score (nSPS) is 10.9. The van der Waals surface area contributed by atoms with Crippen LogP contribution < -0.4 is 10.1 Å². The van der Waals surface area contributed by atoms with Gasteiger partial charge in [-0.2, -0.15) is 10.2 Å². The molecule has 158 valence electrons. The minimum atomic E-state index is -0.193. The first-order valence-electron chi connectivity index (χ1n) is 9.77. The van der Waals surface area contributed by atoms with Crippen LogP contribution >= 0.6 is 0 Å². The Hall–Kier alpha value is -4.01. The van der Waals surface area contributed by atoms with Gasteiger partial charge in [0.15, 0.2) is 5.82 Å². The Kier molecular flexibility index (Phi) is 5.24. The van der Waals surface area contributed by atoms with Gasteiger partial charge in [0.05, 0.1) is 17.0 Å². The van der Waals surface area contributed by atoms with E-state index in [0.717, 1.165) is 17.1 Å². The summed E-state index contributed by atoms with van der Waals surface area (Å²) in [4.78, 5) is 21.1. The Labute approximate surface area is 179 Å². The van der Waals surface area contributed by atoms with E-state index < -0.39 is 0 Å². The van der Waals surface area contributed by atoms with Gasteiger partial charge in [0.2, 0.25) is 5.88 Å². The third-order valence-corrected chi connectivity index (χ3v) is 4.92. The number of carbonyl (C=O) groups excluding carboxylic acids is 1. The molecule has 0 aliphatic heterocycles. The van der Waals surface area contributed by atoms with Gasteiger partial charge < -0.3 is 10.1 Å². The topological polar surface area (TPSA) is 99.8 Å². The predicted molar refractivity (Wildman–Crippen MR) is 116 cm³/mol. The average Bonchev–Trinajstić information content (AvgIpc) is 3.20. The number of carbonyl (C=O) groups is 1. The van der Waals surface area contributed by atoms with Crippen molar-refractivity contribution in [2.24, 2.45) is 7.05 Å². The first-order valence-corrected chi connectivity index (χ1v) is 9.77. The molecule has 0 aliphatic carbocycles. The maximum atomic E-state index is 12.6. The molecular formula is C22H23N7O2. The molecule has 9 heteroatoms. The lowest BCUT2D eigenvalue weighted by molar-refractivity contribution is 0.102. The minimum Gasteiger partial charge on any atom is -0.439 e. The van der Waals surface area contributed by atoms with E-state index in [-0.39, 0.29) is 5.91 Å². The summed E-state index contributed by atoms with van der Waals surface area (Å²) < 4.78 is 9.29. The number of hydrogen-bond acceptors (Lipinski definition) is 6. The number of hydrogen-bond donors (Lipinski definition) is 1. The summed E-state index contributed by atoms with van der Waals surface area (Å²) >= 11 is 0. The van der Waals surface area contributed by atoms with Gasteiger partial charge in [-0.25, -0.2) is 14.6 Å². The largest absolute Gasteiger partial charge is 0.439 e. The summed E-state index contributed by atoms with van der Waals surface area (Å²) in [6, 6.07) is 10.8. The quantitative estimate of drug-likeness (QED) is 0.532. The number of nitrogens with zero attached hydrogens (tertiary/aromatic N) is 6. The molecular weight excluding hydrogens is 394 g/mol. The molecule has 3 aromatic heterocycles. The number of anilines is 1. The molecule has 0 bridgehead atoms. The van der Waals surface area contributed by atoms with Gasteiger partial charge in [0.1, 0.15) is 12.1 Å². The standard InChI is InChI=1S/C22H23N7O2/c1-13-10-14(2)29(26-13)19-11-20(24-12-23-19)31-18-8-6-17(7-9-18)25-22(30)21-15(3)27-28(5)16(21)4/h6-12H,1-5H3,(H,25,30). The number of rotatable bonds is 5. The first-order chi connectivity index (χ1) is 14.8. The summed E-state index contributed by atoms with van der Waals surface area (Å²) in [5.41, 5.74) is 4.64. The molecule has 0 unspecified atom stereocenters. The highest BCUT2D eigenvalue weighted by Crippen LogP contribution is 2.23. The Morgan fingerprint density at radius 3 is 2.35 bits per heavy atom. The molecule has 4 aromatic rings. The zero-order chi connectivity index (χ0) is 22.1. The molecule has 0 radical (unpaired) electrons. The second-order valence-electron chi connectivity index (χ2n) is 7.30. The highest BCUT2D eigenvalue weighted by atomic mass is 16.5. The van der Waals surface area contributed by atoms with Crippen LogP contribution in [0.15, 0.2) is 42.7 Å². The Balaban J connectivity index is 1.47. The van der Waals surface area contributed by atoms with Crippen molar-refractivity contribution in [2.75, 3.05) is 5.32 Å². The molecule has 1 aromatic carbocycles. The number of nitrogens with one attached hydrogen (secondary N) is 1. The third kappa shape index (κ3) is 4.16. The molecule has 9 nitrogen and oxygen atoms in total. The van der Waals surface area contributed by atoms with Crippen LogP contribution in [0.5, 0.6) is 11.6 Å². The summed E-state index contributed by atoms with van der Waals surface area (Å²) in [5, 5.41) is 11.6. The van der Waals surface area contributed by atoms with Gasteiger partial charge in [0, 0.05) is 30.2 Å². The maximum absolute atomic E-state index is 12.6. The molecule has 4 rings (SSSR count). The second kappa shape index (κ2) is 8.02. The van der Waals surface area contributed by atoms with Gasteiger partial charge in [-0.1, -0.05) is 0 Å². The zero-order valence-corrected chi connectivity index (χ0v) is 18.0. The van der Waals surface area contributed by atoms with E-state index in [1.807, 2.05) is 40.8 Å². The lowest BCUT2D eigenvalue weighted by atomic mass is 10.2. The van der Waals surface area contributed by atoms with E-state index in [1.54, 1.807) is 39.7 Å². The van der Waals surface area contributed by atoms with E-state index in [2.05, 4.69) is 25.5 Å². The van der Waals surface area contributed by atoms with Crippen molar-refractivity contribution in [2.45, 2.75) is 27.7 Å². The molecule has 0 aliphatic rings. The smallest absolute Gasteiger partial charge is 0.259 e. The van der Waals surface area contributed by atoms with Crippen molar-refractivity contribution < 1.29 is 9.53 Å². The van der Waals surface area contributed by atoms with Crippen LogP contribution in [0.3, 0.4) is 0 Å². The molecule has 0 saturated heterocycles. The summed E-state index contributed by atoms with van der Waals surface area (Å²) in [5.74, 6) is 1.42. The van der Waals surface area contributed by atoms with Crippen molar-refractivity contribution in [1.29, 1.82) is 0 Å². The number of ether oxygens (including phenoxy) is 1. The summed E-state index contributed by atoms with van der Waals surface area (Å²) in [6.07, 6.45) is 1.44.